The van der Waals surface area contributed by atoms with Crippen molar-refractivity contribution in [3.63, 3.8) is 0 Å². The van der Waals surface area contributed by atoms with E-state index in [0.29, 0.717) is 4.88 Å². The summed E-state index contributed by atoms with van der Waals surface area (Å²) < 4.78 is 10.9. The highest BCUT2D eigenvalue weighted by Crippen LogP contribution is 2.22. The van der Waals surface area contributed by atoms with Crippen LogP contribution in [0.1, 0.15) is 34.1 Å². The molecule has 1 N–H and O–H groups in total. The average Bonchev–Trinajstić information content (AvgIpc) is 3.20. The number of nitrogens with one attached hydrogen (secondary N) is 1. The van der Waals surface area contributed by atoms with Gasteiger partial charge in [0.05, 0.1) is 14.9 Å². The molecule has 0 radical (unpaired) electrons. The molecule has 0 aliphatic heterocycles. The Labute approximate surface area is 151 Å². The number of rotatable bonds is 7. The number of ether oxygens (including phenoxy) is 1. The van der Waals surface area contributed by atoms with Gasteiger partial charge >= 0.3 is 5.97 Å². The van der Waals surface area contributed by atoms with Gasteiger partial charge in [0.15, 0.2) is 12.4 Å². The summed E-state index contributed by atoms with van der Waals surface area (Å²) in [5, 5.41) is 2.56. The number of amides is 1. The summed E-state index contributed by atoms with van der Waals surface area (Å²) >= 11 is 4.54. The van der Waals surface area contributed by atoms with Crippen LogP contribution in [0.4, 0.5) is 0 Å². The van der Waals surface area contributed by atoms with Crippen molar-refractivity contribution in [2.45, 2.75) is 19.9 Å². The molecular formula is C16H16BrNO5S. The normalized spacial score (nSPS) is 12.0. The molecule has 0 fully saturated rings. The molecule has 128 valence electrons. The van der Waals surface area contributed by atoms with Crippen LogP contribution in [0.2, 0.25) is 0 Å². The van der Waals surface area contributed by atoms with E-state index in [-0.39, 0.29) is 24.1 Å². The number of thiophene rings is 1. The molecule has 1 unspecified atom stereocenters. The van der Waals surface area contributed by atoms with Crippen LogP contribution in [0.15, 0.2) is 38.7 Å². The monoisotopic (exact) mass is 413 g/mol. The predicted molar refractivity (Wildman–Crippen MR) is 92.1 cm³/mol. The van der Waals surface area contributed by atoms with Gasteiger partial charge in [-0.1, -0.05) is 13.8 Å². The quantitative estimate of drug-likeness (QED) is 0.555. The zero-order chi connectivity index (χ0) is 17.7. The lowest BCUT2D eigenvalue weighted by molar-refractivity contribution is -0.145. The summed E-state index contributed by atoms with van der Waals surface area (Å²) in [7, 11) is 0. The molecule has 2 heterocycles. The summed E-state index contributed by atoms with van der Waals surface area (Å²) in [6.07, 6.45) is 1.37. The van der Waals surface area contributed by atoms with E-state index in [1.54, 1.807) is 32.0 Å². The third-order valence-corrected chi connectivity index (χ3v) is 4.81. The van der Waals surface area contributed by atoms with Crippen LogP contribution in [0.5, 0.6) is 0 Å². The minimum Gasteiger partial charge on any atom is -0.459 e. The zero-order valence-electron chi connectivity index (χ0n) is 13.1. The van der Waals surface area contributed by atoms with E-state index in [9.17, 15) is 14.4 Å². The standard InChI is InChI=1S/C16H16BrNO5S/c1-9(2)14(18-15(20)11-4-3-7-22-11)16(21)23-8-10(19)12-5-6-13(17)24-12/h3-7,9,14H,8H2,1-2H3,(H,18,20). The molecule has 2 rings (SSSR count). The van der Waals surface area contributed by atoms with Crippen LogP contribution < -0.4 is 5.32 Å². The molecule has 0 aromatic carbocycles. The van der Waals surface area contributed by atoms with Gasteiger partial charge in [-0.2, -0.15) is 0 Å². The Balaban J connectivity index is 1.94. The second kappa shape index (κ2) is 8.25. The van der Waals surface area contributed by atoms with Gasteiger partial charge in [-0.25, -0.2) is 4.79 Å². The van der Waals surface area contributed by atoms with E-state index < -0.39 is 17.9 Å². The summed E-state index contributed by atoms with van der Waals surface area (Å²) in [4.78, 5) is 36.7. The SMILES string of the molecule is CC(C)C(NC(=O)c1ccco1)C(=O)OCC(=O)c1ccc(Br)s1. The molecule has 2 aromatic rings. The van der Waals surface area contributed by atoms with Crippen molar-refractivity contribution in [1.29, 1.82) is 0 Å². The Kier molecular flexibility index (Phi) is 6.33. The van der Waals surface area contributed by atoms with E-state index in [1.165, 1.54) is 23.7 Å². The van der Waals surface area contributed by atoms with Gasteiger partial charge in [0.2, 0.25) is 5.78 Å². The zero-order valence-corrected chi connectivity index (χ0v) is 15.5. The minimum absolute atomic E-state index is 0.105. The molecule has 0 saturated carbocycles. The maximum Gasteiger partial charge on any atom is 0.329 e. The van der Waals surface area contributed by atoms with Gasteiger partial charge in [-0.15, -0.1) is 11.3 Å². The van der Waals surface area contributed by atoms with Gasteiger partial charge in [-0.3, -0.25) is 9.59 Å². The highest BCUT2D eigenvalue weighted by atomic mass is 79.9. The second-order valence-electron chi connectivity index (χ2n) is 5.31. The lowest BCUT2D eigenvalue weighted by Gasteiger charge is -2.20. The Hall–Kier alpha value is -1.93. The van der Waals surface area contributed by atoms with Gasteiger partial charge in [0.1, 0.15) is 6.04 Å². The van der Waals surface area contributed by atoms with E-state index in [2.05, 4.69) is 21.2 Å². The lowest BCUT2D eigenvalue weighted by Crippen LogP contribution is -2.45. The topological polar surface area (TPSA) is 85.6 Å². The molecule has 6 nitrogen and oxygen atoms in total. The van der Waals surface area contributed by atoms with Crippen molar-refractivity contribution < 1.29 is 23.5 Å². The molecule has 1 atom stereocenters. The first-order valence-corrected chi connectivity index (χ1v) is 8.79. The molecule has 1 amide bonds. The van der Waals surface area contributed by atoms with Crippen molar-refractivity contribution in [3.05, 3.63) is 45.0 Å². The van der Waals surface area contributed by atoms with E-state index >= 15 is 0 Å². The van der Waals surface area contributed by atoms with Crippen LogP contribution in [0.3, 0.4) is 0 Å². The first-order chi connectivity index (χ1) is 11.4. The smallest absolute Gasteiger partial charge is 0.329 e. The fourth-order valence-corrected chi connectivity index (χ4v) is 3.19. The number of hydrogen-bond donors (Lipinski definition) is 1. The van der Waals surface area contributed by atoms with Crippen LogP contribution >= 0.6 is 27.3 Å². The fraction of sp³-hybridized carbons (Fsp3) is 0.312. The number of carbonyl (C=O) groups excluding carboxylic acids is 3. The minimum atomic E-state index is -0.870. The maximum atomic E-state index is 12.2. The Morgan fingerprint density at radius 2 is 2.04 bits per heavy atom. The number of carbonyl (C=O) groups is 3. The molecule has 8 heteroatoms. The second-order valence-corrected chi connectivity index (χ2v) is 7.77. The third kappa shape index (κ3) is 4.78. The van der Waals surface area contributed by atoms with Crippen molar-refractivity contribution in [1.82, 2.24) is 5.32 Å². The summed E-state index contributed by atoms with van der Waals surface area (Å²) in [5.74, 6) is -1.56. The third-order valence-electron chi connectivity index (χ3n) is 3.15. The highest BCUT2D eigenvalue weighted by molar-refractivity contribution is 9.11. The lowest BCUT2D eigenvalue weighted by atomic mass is 10.0. The summed E-state index contributed by atoms with van der Waals surface area (Å²) in [6, 6.07) is 5.61. The molecular weight excluding hydrogens is 398 g/mol. The van der Waals surface area contributed by atoms with E-state index in [4.69, 9.17) is 9.15 Å². The molecule has 2 aromatic heterocycles. The number of hydrogen-bond acceptors (Lipinski definition) is 6. The van der Waals surface area contributed by atoms with E-state index in [1.807, 2.05) is 0 Å². The summed E-state index contributed by atoms with van der Waals surface area (Å²) in [6.45, 7) is 3.17. The molecule has 0 bridgehead atoms. The van der Waals surface area contributed by atoms with Gasteiger partial charge < -0.3 is 14.5 Å². The first kappa shape index (κ1) is 18.4. The largest absolute Gasteiger partial charge is 0.459 e. The van der Waals surface area contributed by atoms with Crippen molar-refractivity contribution >= 4 is 44.9 Å². The summed E-state index contributed by atoms with van der Waals surface area (Å²) in [5.41, 5.74) is 0. The van der Waals surface area contributed by atoms with Gasteiger partial charge in [0.25, 0.3) is 5.91 Å². The Morgan fingerprint density at radius 3 is 2.58 bits per heavy atom. The van der Waals surface area contributed by atoms with Gasteiger partial charge in [-0.05, 0) is 46.1 Å². The van der Waals surface area contributed by atoms with E-state index in [0.717, 1.165) is 3.79 Å². The van der Waals surface area contributed by atoms with Crippen molar-refractivity contribution in [2.75, 3.05) is 6.61 Å². The predicted octanol–water partition coefficient (Wildman–Crippen LogP) is 3.28. The number of halogens is 1. The van der Waals surface area contributed by atoms with Crippen LogP contribution in [0.25, 0.3) is 0 Å². The number of esters is 1. The van der Waals surface area contributed by atoms with Gasteiger partial charge in [0, 0.05) is 0 Å². The highest BCUT2D eigenvalue weighted by Gasteiger charge is 2.27. The molecule has 24 heavy (non-hydrogen) atoms. The maximum absolute atomic E-state index is 12.2. The Morgan fingerprint density at radius 1 is 1.29 bits per heavy atom. The number of ketones is 1. The fourth-order valence-electron chi connectivity index (χ4n) is 1.88. The average molecular weight is 414 g/mol. The number of Topliss-reactive ketones (excluding diaryl/α,β-unsaturated/α-hetero) is 1. The van der Waals surface area contributed by atoms with Crippen LogP contribution in [-0.2, 0) is 9.53 Å². The van der Waals surface area contributed by atoms with Crippen LogP contribution in [0, 0.1) is 5.92 Å². The number of furan rings is 1. The van der Waals surface area contributed by atoms with Crippen LogP contribution in [-0.4, -0.2) is 30.3 Å². The molecule has 0 aliphatic rings. The molecule has 0 aliphatic carbocycles. The van der Waals surface area contributed by atoms with Crippen molar-refractivity contribution in [2.24, 2.45) is 5.92 Å². The Bertz CT molecular complexity index is 723. The van der Waals surface area contributed by atoms with Crippen molar-refractivity contribution in [3.8, 4) is 0 Å². The first-order valence-electron chi connectivity index (χ1n) is 7.18. The molecule has 0 saturated heterocycles. The molecule has 0 spiro atoms.